The first kappa shape index (κ1) is 17.6. The Balaban J connectivity index is 1.71. The predicted molar refractivity (Wildman–Crippen MR) is 119 cm³/mol. The molecule has 0 atom stereocenters. The van der Waals surface area contributed by atoms with Gasteiger partial charge in [0.05, 0.1) is 5.39 Å². The van der Waals surface area contributed by atoms with E-state index in [-0.39, 0.29) is 0 Å². The molecule has 4 heteroatoms. The van der Waals surface area contributed by atoms with E-state index in [0.29, 0.717) is 11.0 Å². The van der Waals surface area contributed by atoms with E-state index in [4.69, 9.17) is 21.6 Å². The van der Waals surface area contributed by atoms with Gasteiger partial charge in [0.1, 0.15) is 9.98 Å². The van der Waals surface area contributed by atoms with Crippen molar-refractivity contribution >= 4 is 44.8 Å². The number of rotatable bonds is 3. The Morgan fingerprint density at radius 2 is 1.61 bits per heavy atom. The molecule has 28 heavy (non-hydrogen) atoms. The van der Waals surface area contributed by atoms with Crippen molar-refractivity contribution in [1.29, 1.82) is 0 Å². The SMILES string of the molecule is Clc1nc(/C(=C/c2ccccc2)c2ccccc2)nc2sc3c(c12)CCCC3. The lowest BCUT2D eigenvalue weighted by Crippen LogP contribution is -2.00. The summed E-state index contributed by atoms with van der Waals surface area (Å²) in [5.74, 6) is 0.686. The lowest BCUT2D eigenvalue weighted by Gasteiger charge is -2.11. The molecular formula is C24H19ClN2S. The van der Waals surface area contributed by atoms with Gasteiger partial charge in [-0.25, -0.2) is 9.97 Å². The maximum Gasteiger partial charge on any atom is 0.163 e. The zero-order valence-electron chi connectivity index (χ0n) is 15.4. The minimum atomic E-state index is 0.578. The molecule has 0 N–H and O–H groups in total. The molecule has 138 valence electrons. The second-order valence-corrected chi connectivity index (χ2v) is 8.51. The zero-order chi connectivity index (χ0) is 18.9. The van der Waals surface area contributed by atoms with Gasteiger partial charge >= 0.3 is 0 Å². The van der Waals surface area contributed by atoms with Crippen LogP contribution in [-0.4, -0.2) is 9.97 Å². The lowest BCUT2D eigenvalue weighted by atomic mass is 9.97. The van der Waals surface area contributed by atoms with E-state index in [1.807, 2.05) is 36.4 Å². The van der Waals surface area contributed by atoms with E-state index in [9.17, 15) is 0 Å². The van der Waals surface area contributed by atoms with Crippen LogP contribution in [0.4, 0.5) is 0 Å². The topological polar surface area (TPSA) is 25.8 Å². The summed E-state index contributed by atoms with van der Waals surface area (Å²) in [5.41, 5.74) is 4.56. The van der Waals surface area contributed by atoms with Crippen molar-refractivity contribution in [2.45, 2.75) is 25.7 Å². The number of nitrogens with zero attached hydrogens (tertiary/aromatic N) is 2. The van der Waals surface area contributed by atoms with E-state index >= 15 is 0 Å². The van der Waals surface area contributed by atoms with Gasteiger partial charge in [-0.05, 0) is 48.4 Å². The number of benzene rings is 2. The second kappa shape index (κ2) is 7.50. The first-order valence-electron chi connectivity index (χ1n) is 9.60. The fourth-order valence-corrected chi connectivity index (χ4v) is 5.44. The molecule has 0 aliphatic heterocycles. The fourth-order valence-electron chi connectivity index (χ4n) is 3.84. The van der Waals surface area contributed by atoms with Gasteiger partial charge in [-0.2, -0.15) is 0 Å². The van der Waals surface area contributed by atoms with Crippen molar-refractivity contribution < 1.29 is 0 Å². The van der Waals surface area contributed by atoms with E-state index < -0.39 is 0 Å². The summed E-state index contributed by atoms with van der Waals surface area (Å²) in [5, 5.41) is 1.64. The largest absolute Gasteiger partial charge is 0.217 e. The van der Waals surface area contributed by atoms with Crippen molar-refractivity contribution in [3.05, 3.63) is 93.2 Å². The molecule has 0 amide bonds. The van der Waals surface area contributed by atoms with Crippen LogP contribution in [0.1, 0.15) is 40.2 Å². The highest BCUT2D eigenvalue weighted by molar-refractivity contribution is 7.19. The number of thiophene rings is 1. The van der Waals surface area contributed by atoms with Crippen molar-refractivity contribution in [3.63, 3.8) is 0 Å². The van der Waals surface area contributed by atoms with Gasteiger partial charge in [-0.15, -0.1) is 11.3 Å². The van der Waals surface area contributed by atoms with Crippen molar-refractivity contribution in [1.82, 2.24) is 9.97 Å². The molecule has 2 heterocycles. The first-order valence-corrected chi connectivity index (χ1v) is 10.8. The Hall–Kier alpha value is -2.49. The van der Waals surface area contributed by atoms with Crippen LogP contribution in [-0.2, 0) is 12.8 Å². The first-order chi connectivity index (χ1) is 13.8. The molecule has 0 saturated carbocycles. The maximum atomic E-state index is 6.70. The third-order valence-corrected chi connectivity index (χ3v) is 6.67. The van der Waals surface area contributed by atoms with Crippen molar-refractivity contribution in [2.75, 3.05) is 0 Å². The molecule has 1 aliphatic carbocycles. The molecule has 2 nitrogen and oxygen atoms in total. The molecule has 0 radical (unpaired) electrons. The Bertz CT molecular complexity index is 1160. The third-order valence-electron chi connectivity index (χ3n) is 5.21. The third kappa shape index (κ3) is 3.25. The molecule has 5 rings (SSSR count). The quantitative estimate of drug-likeness (QED) is 0.278. The van der Waals surface area contributed by atoms with Crippen LogP contribution >= 0.6 is 22.9 Å². The molecule has 0 spiro atoms. The monoisotopic (exact) mass is 402 g/mol. The Morgan fingerprint density at radius 3 is 2.39 bits per heavy atom. The smallest absolute Gasteiger partial charge is 0.163 e. The average Bonchev–Trinajstić information content (AvgIpc) is 3.12. The summed E-state index contributed by atoms with van der Waals surface area (Å²) in [7, 11) is 0. The normalized spacial score (nSPS) is 14.2. The molecule has 0 saturated heterocycles. The van der Waals surface area contributed by atoms with Crippen LogP contribution in [0.25, 0.3) is 21.9 Å². The van der Waals surface area contributed by atoms with Gasteiger partial charge < -0.3 is 0 Å². The summed E-state index contributed by atoms with van der Waals surface area (Å²) < 4.78 is 0. The number of aromatic nitrogens is 2. The van der Waals surface area contributed by atoms with Crippen LogP contribution in [0, 0.1) is 0 Å². The number of hydrogen-bond acceptors (Lipinski definition) is 3. The molecule has 0 unspecified atom stereocenters. The van der Waals surface area contributed by atoms with Gasteiger partial charge in [-0.1, -0.05) is 72.3 Å². The van der Waals surface area contributed by atoms with Crippen molar-refractivity contribution in [3.8, 4) is 0 Å². The van der Waals surface area contributed by atoms with Gasteiger partial charge in [-0.3, -0.25) is 0 Å². The predicted octanol–water partition coefficient (Wildman–Crippen LogP) is 6.81. The number of halogens is 1. The summed E-state index contributed by atoms with van der Waals surface area (Å²) in [6.07, 6.45) is 6.83. The van der Waals surface area contributed by atoms with Gasteiger partial charge in [0.15, 0.2) is 5.82 Å². The number of aryl methyl sites for hydroxylation is 2. The van der Waals surface area contributed by atoms with Crippen LogP contribution < -0.4 is 0 Å². The highest BCUT2D eigenvalue weighted by Gasteiger charge is 2.21. The molecule has 2 aromatic heterocycles. The molecular weight excluding hydrogens is 384 g/mol. The van der Waals surface area contributed by atoms with Gasteiger partial charge in [0.2, 0.25) is 0 Å². The Kier molecular flexibility index (Phi) is 4.71. The van der Waals surface area contributed by atoms with E-state index in [2.05, 4.69) is 30.3 Å². The molecule has 4 aromatic rings. The summed E-state index contributed by atoms with van der Waals surface area (Å²) in [6, 6.07) is 20.6. The van der Waals surface area contributed by atoms with Gasteiger partial charge in [0.25, 0.3) is 0 Å². The van der Waals surface area contributed by atoms with Gasteiger partial charge in [0, 0.05) is 10.5 Å². The van der Waals surface area contributed by atoms with Crippen LogP contribution in [0.15, 0.2) is 60.7 Å². The van der Waals surface area contributed by atoms with E-state index in [1.165, 1.54) is 23.3 Å². The summed E-state index contributed by atoms with van der Waals surface area (Å²) in [4.78, 5) is 12.2. The minimum Gasteiger partial charge on any atom is -0.217 e. The summed E-state index contributed by atoms with van der Waals surface area (Å²) in [6.45, 7) is 0. The minimum absolute atomic E-state index is 0.578. The fraction of sp³-hybridized carbons (Fsp3) is 0.167. The number of fused-ring (bicyclic) bond motifs is 3. The average molecular weight is 403 g/mol. The lowest BCUT2D eigenvalue weighted by molar-refractivity contribution is 0.700. The standard InChI is InChI=1S/C24H19ClN2S/c25-22-21-18-13-7-8-14-20(18)28-24(21)27-23(26-22)19(17-11-5-2-6-12-17)15-16-9-3-1-4-10-16/h1-6,9-12,15H,7-8,13-14H2/b19-15+. The maximum absolute atomic E-state index is 6.70. The zero-order valence-corrected chi connectivity index (χ0v) is 16.9. The van der Waals surface area contributed by atoms with E-state index in [1.54, 1.807) is 11.3 Å². The van der Waals surface area contributed by atoms with Crippen LogP contribution in [0.3, 0.4) is 0 Å². The highest BCUT2D eigenvalue weighted by atomic mass is 35.5. The van der Waals surface area contributed by atoms with Crippen LogP contribution in [0.2, 0.25) is 5.15 Å². The number of hydrogen-bond donors (Lipinski definition) is 0. The van der Waals surface area contributed by atoms with Crippen molar-refractivity contribution in [2.24, 2.45) is 0 Å². The molecule has 0 bridgehead atoms. The molecule has 2 aromatic carbocycles. The molecule has 0 fully saturated rings. The second-order valence-electron chi connectivity index (χ2n) is 7.06. The Labute approximate surface area is 173 Å². The van der Waals surface area contributed by atoms with E-state index in [0.717, 1.165) is 39.8 Å². The molecule has 1 aliphatic rings. The highest BCUT2D eigenvalue weighted by Crippen LogP contribution is 2.39. The van der Waals surface area contributed by atoms with Crippen LogP contribution in [0.5, 0.6) is 0 Å². The Morgan fingerprint density at radius 1 is 0.893 bits per heavy atom. The summed E-state index contributed by atoms with van der Waals surface area (Å²) >= 11 is 8.49.